The summed E-state index contributed by atoms with van der Waals surface area (Å²) in [6.07, 6.45) is 10.4. The standard InChI is InChI=1S/C33H48O7/c1-16(5-11-26(34)38-4)22-9-10-23-28(17(2)18(3)31(23)36)30-25(15-21-8-12-27(35)40-32(21)29(22)30)39-33(37)24-14-19-6-7-20(24)13-19/h6-7,16-25,28-32,36H,5,8-15H2,1-4H3. The number of ether oxygens (including phenoxy) is 3. The lowest BCUT2D eigenvalue weighted by Crippen LogP contribution is -2.57. The van der Waals surface area contributed by atoms with Crippen molar-refractivity contribution >= 4 is 17.9 Å². The molecule has 0 aromatic heterocycles. The quantitative estimate of drug-likeness (QED) is 0.281. The van der Waals surface area contributed by atoms with Gasteiger partial charge in [-0.2, -0.15) is 0 Å². The number of aliphatic hydroxyl groups excluding tert-OH is 1. The Kier molecular flexibility index (Phi) is 7.82. The average Bonchev–Trinajstić information content (AvgIpc) is 3.59. The number of fused-ring (bicyclic) bond motifs is 7. The number of hydrogen-bond donors (Lipinski definition) is 1. The van der Waals surface area contributed by atoms with Crippen molar-refractivity contribution in [2.45, 2.75) is 96.9 Å². The van der Waals surface area contributed by atoms with Gasteiger partial charge in [-0.1, -0.05) is 32.9 Å². The number of carbonyl (C=O) groups excluding carboxylic acids is 3. The maximum atomic E-state index is 13.8. The highest BCUT2D eigenvalue weighted by Crippen LogP contribution is 2.60. The maximum absolute atomic E-state index is 13.8. The molecule has 0 radical (unpaired) electrons. The van der Waals surface area contributed by atoms with Gasteiger partial charge in [0.1, 0.15) is 12.2 Å². The molecule has 0 aromatic carbocycles. The highest BCUT2D eigenvalue weighted by molar-refractivity contribution is 5.74. The molecule has 5 aliphatic carbocycles. The summed E-state index contributed by atoms with van der Waals surface area (Å²) in [6, 6.07) is 0. The fourth-order valence-corrected chi connectivity index (χ4v) is 10.4. The molecule has 2 bridgehead atoms. The predicted molar refractivity (Wildman–Crippen MR) is 147 cm³/mol. The van der Waals surface area contributed by atoms with Crippen molar-refractivity contribution in [2.24, 2.45) is 71.0 Å². The Morgan fingerprint density at radius 1 is 1.05 bits per heavy atom. The molecule has 7 nitrogen and oxygen atoms in total. The van der Waals surface area contributed by atoms with E-state index in [2.05, 4.69) is 32.9 Å². The van der Waals surface area contributed by atoms with Gasteiger partial charge in [0, 0.05) is 30.6 Å². The van der Waals surface area contributed by atoms with Gasteiger partial charge in [-0.05, 0) is 92.3 Å². The summed E-state index contributed by atoms with van der Waals surface area (Å²) in [4.78, 5) is 38.5. The molecule has 1 saturated heterocycles. The van der Waals surface area contributed by atoms with Crippen LogP contribution in [0.25, 0.3) is 0 Å². The van der Waals surface area contributed by atoms with Gasteiger partial charge in [0.25, 0.3) is 0 Å². The van der Waals surface area contributed by atoms with E-state index in [0.717, 1.165) is 38.5 Å². The van der Waals surface area contributed by atoms with Gasteiger partial charge >= 0.3 is 17.9 Å². The monoisotopic (exact) mass is 556 g/mol. The molecule has 0 spiro atoms. The molecule has 15 unspecified atom stereocenters. The summed E-state index contributed by atoms with van der Waals surface area (Å²) in [5.41, 5.74) is 0. The Balaban J connectivity index is 1.36. The first-order chi connectivity index (χ1) is 19.2. The fraction of sp³-hybridized carbons (Fsp3) is 0.848. The number of esters is 3. The van der Waals surface area contributed by atoms with Crippen molar-refractivity contribution in [3.63, 3.8) is 0 Å². The number of aliphatic hydroxyl groups is 1. The number of hydrogen-bond acceptors (Lipinski definition) is 7. The molecule has 4 saturated carbocycles. The van der Waals surface area contributed by atoms with Crippen molar-refractivity contribution in [1.29, 1.82) is 0 Å². The van der Waals surface area contributed by atoms with Gasteiger partial charge in [-0.25, -0.2) is 0 Å². The van der Waals surface area contributed by atoms with Gasteiger partial charge in [-0.15, -0.1) is 0 Å². The molecule has 0 aromatic rings. The topological polar surface area (TPSA) is 99.1 Å². The first-order valence-corrected chi connectivity index (χ1v) is 16.0. The van der Waals surface area contributed by atoms with E-state index < -0.39 is 0 Å². The minimum atomic E-state index is -0.386. The number of allylic oxidation sites excluding steroid dienone is 2. The third kappa shape index (κ3) is 4.82. The molecule has 1 aliphatic heterocycles. The van der Waals surface area contributed by atoms with Crippen LogP contribution in [0.5, 0.6) is 0 Å². The number of carbonyl (C=O) groups is 3. The van der Waals surface area contributed by atoms with E-state index in [0.29, 0.717) is 31.1 Å². The third-order valence-corrected chi connectivity index (χ3v) is 12.5. The molecular weight excluding hydrogens is 508 g/mol. The summed E-state index contributed by atoms with van der Waals surface area (Å²) in [5.74, 6) is 1.79. The molecule has 5 fully saturated rings. The lowest BCUT2D eigenvalue weighted by atomic mass is 9.57. The van der Waals surface area contributed by atoms with E-state index in [-0.39, 0.29) is 95.4 Å². The Morgan fingerprint density at radius 2 is 1.85 bits per heavy atom. The van der Waals surface area contributed by atoms with Crippen LogP contribution < -0.4 is 0 Å². The van der Waals surface area contributed by atoms with E-state index >= 15 is 0 Å². The second kappa shape index (κ2) is 11.1. The Labute approximate surface area is 238 Å². The van der Waals surface area contributed by atoms with Gasteiger partial charge < -0.3 is 19.3 Å². The number of rotatable bonds is 6. The first-order valence-electron chi connectivity index (χ1n) is 16.0. The minimum absolute atomic E-state index is 0.0258. The smallest absolute Gasteiger partial charge is 0.309 e. The molecule has 40 heavy (non-hydrogen) atoms. The van der Waals surface area contributed by atoms with E-state index in [1.54, 1.807) is 0 Å². The number of methoxy groups -OCH3 is 1. The predicted octanol–water partition coefficient (Wildman–Crippen LogP) is 4.95. The van der Waals surface area contributed by atoms with Crippen LogP contribution in [0, 0.1) is 71.0 Å². The Bertz CT molecular complexity index is 1020. The summed E-state index contributed by atoms with van der Waals surface area (Å²) in [7, 11) is 1.43. The molecule has 222 valence electrons. The normalized spacial score (nSPS) is 47.9. The minimum Gasteiger partial charge on any atom is -0.469 e. The van der Waals surface area contributed by atoms with Crippen LogP contribution >= 0.6 is 0 Å². The Hall–Kier alpha value is -1.89. The van der Waals surface area contributed by atoms with Crippen LogP contribution in [-0.4, -0.2) is 48.4 Å². The van der Waals surface area contributed by atoms with Crippen molar-refractivity contribution in [1.82, 2.24) is 0 Å². The van der Waals surface area contributed by atoms with E-state index in [1.165, 1.54) is 7.11 Å². The zero-order chi connectivity index (χ0) is 28.3. The van der Waals surface area contributed by atoms with E-state index in [1.807, 2.05) is 0 Å². The van der Waals surface area contributed by atoms with E-state index in [4.69, 9.17) is 14.2 Å². The van der Waals surface area contributed by atoms with Crippen LogP contribution in [0.15, 0.2) is 12.2 Å². The summed E-state index contributed by atoms with van der Waals surface area (Å²) >= 11 is 0. The SMILES string of the molecule is COC(=O)CCC(C)C1CCC2C(O)C(C)C(C)C2C2C(OC(=O)C3CC4C=CC3C4)CC3CCC(=O)OC3C12. The van der Waals surface area contributed by atoms with Gasteiger partial charge in [0.05, 0.1) is 19.1 Å². The molecule has 1 heterocycles. The second-order valence-corrected chi connectivity index (χ2v) is 14.3. The van der Waals surface area contributed by atoms with Crippen LogP contribution in [0.2, 0.25) is 0 Å². The highest BCUT2D eigenvalue weighted by Gasteiger charge is 2.62. The zero-order valence-corrected chi connectivity index (χ0v) is 24.6. The van der Waals surface area contributed by atoms with E-state index in [9.17, 15) is 19.5 Å². The second-order valence-electron chi connectivity index (χ2n) is 14.3. The van der Waals surface area contributed by atoms with Crippen molar-refractivity contribution in [2.75, 3.05) is 7.11 Å². The highest BCUT2D eigenvalue weighted by atomic mass is 16.6. The molecule has 15 atom stereocenters. The molecular formula is C33H48O7. The van der Waals surface area contributed by atoms with Crippen molar-refractivity contribution in [3.8, 4) is 0 Å². The average molecular weight is 557 g/mol. The fourth-order valence-electron chi connectivity index (χ4n) is 10.4. The molecule has 1 N–H and O–H groups in total. The van der Waals surface area contributed by atoms with Gasteiger partial charge in [0.2, 0.25) is 0 Å². The molecule has 7 heteroatoms. The lowest BCUT2D eigenvalue weighted by Gasteiger charge is -2.53. The maximum Gasteiger partial charge on any atom is 0.309 e. The first kappa shape index (κ1) is 28.2. The van der Waals surface area contributed by atoms with Gasteiger partial charge in [0.15, 0.2) is 0 Å². The molecule has 6 rings (SSSR count). The van der Waals surface area contributed by atoms with Crippen molar-refractivity contribution in [3.05, 3.63) is 12.2 Å². The zero-order valence-electron chi connectivity index (χ0n) is 24.6. The summed E-state index contributed by atoms with van der Waals surface area (Å²) in [5, 5.41) is 11.4. The van der Waals surface area contributed by atoms with Crippen LogP contribution in [0.4, 0.5) is 0 Å². The van der Waals surface area contributed by atoms with Crippen molar-refractivity contribution < 1.29 is 33.7 Å². The lowest BCUT2D eigenvalue weighted by molar-refractivity contribution is -0.200. The molecule has 0 amide bonds. The third-order valence-electron chi connectivity index (χ3n) is 12.5. The summed E-state index contributed by atoms with van der Waals surface area (Å²) in [6.45, 7) is 6.63. The van der Waals surface area contributed by atoms with Crippen LogP contribution in [0.1, 0.15) is 78.6 Å². The largest absolute Gasteiger partial charge is 0.469 e. The van der Waals surface area contributed by atoms with Gasteiger partial charge in [-0.3, -0.25) is 14.4 Å². The summed E-state index contributed by atoms with van der Waals surface area (Å²) < 4.78 is 17.8. The Morgan fingerprint density at radius 3 is 2.55 bits per heavy atom. The molecule has 6 aliphatic rings. The van der Waals surface area contributed by atoms with Crippen LogP contribution in [-0.2, 0) is 28.6 Å². The van der Waals surface area contributed by atoms with Crippen LogP contribution in [0.3, 0.4) is 0 Å².